The summed E-state index contributed by atoms with van der Waals surface area (Å²) >= 11 is 0. The number of β-amino-alcohol motifs (C(OH)–C–C–N with tert-alkyl or cyclic N) is 1. The van der Waals surface area contributed by atoms with Gasteiger partial charge in [0.15, 0.2) is 5.69 Å². The number of anilines is 1. The van der Waals surface area contributed by atoms with Crippen molar-refractivity contribution in [3.63, 3.8) is 0 Å². The summed E-state index contributed by atoms with van der Waals surface area (Å²) in [4.78, 5) is 26.6. The number of carbonyl (C=O) groups excluding carboxylic acids is 2. The maximum Gasteiger partial charge on any atom is 0.271 e. The van der Waals surface area contributed by atoms with Gasteiger partial charge in [0, 0.05) is 37.9 Å². The molecule has 136 valence electrons. The molecule has 4 rings (SSSR count). The molecule has 0 spiro atoms. The quantitative estimate of drug-likeness (QED) is 0.704. The molecule has 3 N–H and O–H groups in total. The second-order valence-corrected chi connectivity index (χ2v) is 6.58. The summed E-state index contributed by atoms with van der Waals surface area (Å²) in [7, 11) is 0. The van der Waals surface area contributed by atoms with Gasteiger partial charge in [0.25, 0.3) is 11.8 Å². The number of nitrogens with zero attached hydrogens (tertiary/aromatic N) is 3. The van der Waals surface area contributed by atoms with Gasteiger partial charge in [-0.25, -0.2) is 0 Å². The van der Waals surface area contributed by atoms with E-state index in [0.717, 1.165) is 19.5 Å². The Kier molecular flexibility index (Phi) is 4.34. The molecule has 0 aliphatic carbocycles. The lowest BCUT2D eigenvalue weighted by Gasteiger charge is -2.19. The van der Waals surface area contributed by atoms with Gasteiger partial charge in [0.1, 0.15) is 5.69 Å². The highest BCUT2D eigenvalue weighted by atomic mass is 16.3. The molecule has 26 heavy (non-hydrogen) atoms. The highest BCUT2D eigenvalue weighted by Gasteiger charge is 2.24. The van der Waals surface area contributed by atoms with Gasteiger partial charge in [-0.3, -0.25) is 14.3 Å². The highest BCUT2D eigenvalue weighted by Crippen LogP contribution is 2.26. The Bertz CT molecular complexity index is 847. The number of benzene rings is 1. The minimum atomic E-state index is -0.716. The van der Waals surface area contributed by atoms with Crippen LogP contribution in [0.5, 0.6) is 0 Å². The van der Waals surface area contributed by atoms with Crippen molar-refractivity contribution in [1.29, 1.82) is 0 Å². The van der Waals surface area contributed by atoms with E-state index in [9.17, 15) is 14.7 Å². The van der Waals surface area contributed by atoms with Crippen LogP contribution in [0.25, 0.3) is 0 Å². The normalized spacial score (nSPS) is 18.7. The molecular formula is C18H21N5O3. The molecule has 2 amide bonds. The van der Waals surface area contributed by atoms with Crippen LogP contribution in [-0.4, -0.2) is 59.0 Å². The Hall–Kier alpha value is -2.87. The summed E-state index contributed by atoms with van der Waals surface area (Å²) in [5, 5.41) is 19.4. The Labute approximate surface area is 150 Å². The van der Waals surface area contributed by atoms with Gasteiger partial charge in [0.05, 0.1) is 12.6 Å². The molecule has 0 saturated heterocycles. The van der Waals surface area contributed by atoms with Crippen molar-refractivity contribution < 1.29 is 14.7 Å². The minimum absolute atomic E-state index is 0.182. The van der Waals surface area contributed by atoms with Gasteiger partial charge in [-0.15, -0.1) is 0 Å². The van der Waals surface area contributed by atoms with Gasteiger partial charge in [0.2, 0.25) is 0 Å². The zero-order valence-electron chi connectivity index (χ0n) is 14.3. The van der Waals surface area contributed by atoms with E-state index in [2.05, 4.69) is 32.8 Å². The first-order valence-electron chi connectivity index (χ1n) is 8.77. The number of amides is 2. The smallest absolute Gasteiger partial charge is 0.271 e. The topological polar surface area (TPSA) is 99.5 Å². The number of carbonyl (C=O) groups is 2. The summed E-state index contributed by atoms with van der Waals surface area (Å²) < 4.78 is 1.39. The standard InChI is InChI=1S/C18H21N5O3/c24-13-10-20-18(26)16-9-14(21-23(16)11-13)17(25)19-6-8-22-7-5-12-3-1-2-4-15(12)22/h1-4,9,13,24H,5-8,10-11H2,(H,19,25)(H,20,26). The zero-order chi connectivity index (χ0) is 18.1. The second-order valence-electron chi connectivity index (χ2n) is 6.58. The third-order valence-corrected chi connectivity index (χ3v) is 4.78. The third kappa shape index (κ3) is 3.15. The molecule has 0 fully saturated rings. The lowest BCUT2D eigenvalue weighted by atomic mass is 10.2. The fraction of sp³-hybridized carbons (Fsp3) is 0.389. The summed E-state index contributed by atoms with van der Waals surface area (Å²) in [6, 6.07) is 9.76. The Balaban J connectivity index is 1.37. The zero-order valence-corrected chi connectivity index (χ0v) is 14.3. The van der Waals surface area contributed by atoms with E-state index in [4.69, 9.17) is 0 Å². The maximum atomic E-state index is 12.4. The molecule has 2 aliphatic heterocycles. The fourth-order valence-electron chi connectivity index (χ4n) is 3.45. The van der Waals surface area contributed by atoms with Gasteiger partial charge in [-0.05, 0) is 18.1 Å². The van der Waals surface area contributed by atoms with Crippen LogP contribution in [0.3, 0.4) is 0 Å². The van der Waals surface area contributed by atoms with Gasteiger partial charge in [-0.1, -0.05) is 18.2 Å². The molecular weight excluding hydrogens is 334 g/mol. The maximum absolute atomic E-state index is 12.4. The molecule has 8 nitrogen and oxygen atoms in total. The number of hydrogen-bond acceptors (Lipinski definition) is 5. The van der Waals surface area contributed by atoms with Crippen LogP contribution in [0.2, 0.25) is 0 Å². The molecule has 1 aromatic carbocycles. The second kappa shape index (κ2) is 6.80. The number of nitrogens with one attached hydrogen (secondary N) is 2. The van der Waals surface area contributed by atoms with Crippen LogP contribution in [0.4, 0.5) is 5.69 Å². The number of para-hydroxylation sites is 1. The van der Waals surface area contributed by atoms with Crippen molar-refractivity contribution in [3.05, 3.63) is 47.3 Å². The van der Waals surface area contributed by atoms with Gasteiger partial charge < -0.3 is 20.6 Å². The number of aliphatic hydroxyl groups excluding tert-OH is 1. The molecule has 3 heterocycles. The molecule has 1 aromatic heterocycles. The first-order valence-corrected chi connectivity index (χ1v) is 8.77. The Morgan fingerprint density at radius 1 is 1.38 bits per heavy atom. The van der Waals surface area contributed by atoms with Crippen molar-refractivity contribution in [1.82, 2.24) is 20.4 Å². The van der Waals surface area contributed by atoms with E-state index in [-0.39, 0.29) is 30.6 Å². The average Bonchev–Trinajstić information content (AvgIpc) is 3.21. The summed E-state index contributed by atoms with van der Waals surface area (Å²) in [6.45, 7) is 2.53. The Morgan fingerprint density at radius 2 is 2.23 bits per heavy atom. The SMILES string of the molecule is O=C(NCCN1CCc2ccccc21)c1cc2n(n1)CC(O)CNC2=O. The van der Waals surface area contributed by atoms with Crippen molar-refractivity contribution in [3.8, 4) is 0 Å². The fourth-order valence-corrected chi connectivity index (χ4v) is 3.45. The lowest BCUT2D eigenvalue weighted by molar-refractivity contribution is 0.0931. The predicted octanol–water partition coefficient (Wildman–Crippen LogP) is -0.220. The predicted molar refractivity (Wildman–Crippen MR) is 95.3 cm³/mol. The van der Waals surface area contributed by atoms with Crippen LogP contribution in [0.15, 0.2) is 30.3 Å². The first kappa shape index (κ1) is 16.6. The minimum Gasteiger partial charge on any atom is -0.389 e. The van der Waals surface area contributed by atoms with E-state index in [1.807, 2.05) is 12.1 Å². The van der Waals surface area contributed by atoms with Crippen molar-refractivity contribution in [2.75, 3.05) is 31.1 Å². The highest BCUT2D eigenvalue weighted by molar-refractivity contribution is 5.98. The van der Waals surface area contributed by atoms with Crippen LogP contribution in [0, 0.1) is 0 Å². The number of fused-ring (bicyclic) bond motifs is 2. The van der Waals surface area contributed by atoms with E-state index in [0.29, 0.717) is 12.2 Å². The molecule has 8 heteroatoms. The number of aliphatic hydroxyl groups is 1. The monoisotopic (exact) mass is 355 g/mol. The van der Waals surface area contributed by atoms with Crippen molar-refractivity contribution >= 4 is 17.5 Å². The number of rotatable bonds is 4. The molecule has 0 radical (unpaired) electrons. The molecule has 1 unspecified atom stereocenters. The summed E-state index contributed by atoms with van der Waals surface area (Å²) in [6.07, 6.45) is 0.307. The molecule has 0 bridgehead atoms. The molecule has 2 aromatic rings. The molecule has 2 aliphatic rings. The van der Waals surface area contributed by atoms with Gasteiger partial charge in [-0.2, -0.15) is 5.10 Å². The Morgan fingerprint density at radius 3 is 3.12 bits per heavy atom. The van der Waals surface area contributed by atoms with E-state index >= 15 is 0 Å². The molecule has 0 saturated carbocycles. The average molecular weight is 355 g/mol. The number of hydrogen-bond donors (Lipinski definition) is 3. The van der Waals surface area contributed by atoms with Crippen molar-refractivity contribution in [2.45, 2.75) is 19.1 Å². The van der Waals surface area contributed by atoms with E-state index in [1.54, 1.807) is 0 Å². The third-order valence-electron chi connectivity index (χ3n) is 4.78. The van der Waals surface area contributed by atoms with Crippen LogP contribution in [0.1, 0.15) is 26.5 Å². The first-order chi connectivity index (χ1) is 12.6. The van der Waals surface area contributed by atoms with E-state index in [1.165, 1.54) is 22.0 Å². The van der Waals surface area contributed by atoms with Crippen molar-refractivity contribution in [2.24, 2.45) is 0 Å². The lowest BCUT2D eigenvalue weighted by Crippen LogP contribution is -2.34. The van der Waals surface area contributed by atoms with Gasteiger partial charge >= 0.3 is 0 Å². The molecule has 1 atom stereocenters. The summed E-state index contributed by atoms with van der Waals surface area (Å²) in [5.74, 6) is -0.651. The summed E-state index contributed by atoms with van der Waals surface area (Å²) in [5.41, 5.74) is 3.04. The largest absolute Gasteiger partial charge is 0.389 e. The van der Waals surface area contributed by atoms with E-state index < -0.39 is 6.10 Å². The van der Waals surface area contributed by atoms with Crippen LogP contribution < -0.4 is 15.5 Å². The van der Waals surface area contributed by atoms with Crippen LogP contribution in [-0.2, 0) is 13.0 Å². The number of aromatic nitrogens is 2. The van der Waals surface area contributed by atoms with Crippen LogP contribution >= 0.6 is 0 Å².